The van der Waals surface area contributed by atoms with Crippen LogP contribution in [0.5, 0.6) is 5.75 Å². The molecule has 0 aliphatic carbocycles. The highest BCUT2D eigenvalue weighted by Gasteiger charge is 2.44. The number of nitrogens with zero attached hydrogens (tertiary/aromatic N) is 3. The molecule has 146 valence electrons. The molecule has 2 bridgehead atoms. The predicted molar refractivity (Wildman–Crippen MR) is 103 cm³/mol. The molecule has 2 aromatic rings. The average molecular weight is 380 g/mol. The summed E-state index contributed by atoms with van der Waals surface area (Å²) in [4.78, 5) is 35.9. The number of carbonyl (C=O) groups is 2. The second-order valence-corrected chi connectivity index (χ2v) is 7.48. The summed E-state index contributed by atoms with van der Waals surface area (Å²) in [5.41, 5.74) is 1.70. The zero-order chi connectivity index (χ0) is 19.7. The predicted octanol–water partition coefficient (Wildman–Crippen LogP) is 2.36. The summed E-state index contributed by atoms with van der Waals surface area (Å²) in [6.07, 6.45) is 6.52. The van der Waals surface area contributed by atoms with Crippen LogP contribution in [0.3, 0.4) is 0 Å². The van der Waals surface area contributed by atoms with Crippen molar-refractivity contribution in [2.24, 2.45) is 0 Å². The van der Waals surface area contributed by atoms with Crippen LogP contribution in [0, 0.1) is 6.92 Å². The van der Waals surface area contributed by atoms with Crippen molar-refractivity contribution in [3.63, 3.8) is 0 Å². The van der Waals surface area contributed by atoms with Crippen molar-refractivity contribution in [1.82, 2.24) is 20.2 Å². The van der Waals surface area contributed by atoms with Crippen LogP contribution in [0.1, 0.15) is 52.2 Å². The summed E-state index contributed by atoms with van der Waals surface area (Å²) in [5, 5.41) is 3.07. The number of ether oxygens (including phenoxy) is 1. The number of nitrogens with one attached hydrogen (secondary N) is 1. The van der Waals surface area contributed by atoms with E-state index in [0.29, 0.717) is 17.0 Å². The highest BCUT2D eigenvalue weighted by Crippen LogP contribution is 2.37. The summed E-state index contributed by atoms with van der Waals surface area (Å²) in [6.45, 7) is 1.83. The quantitative estimate of drug-likeness (QED) is 0.880. The zero-order valence-corrected chi connectivity index (χ0v) is 16.1. The van der Waals surface area contributed by atoms with E-state index in [9.17, 15) is 9.59 Å². The maximum absolute atomic E-state index is 13.2. The first-order chi connectivity index (χ1) is 13.6. The molecule has 4 rings (SSSR count). The first-order valence-corrected chi connectivity index (χ1v) is 9.62. The van der Waals surface area contributed by atoms with Gasteiger partial charge in [-0.05, 0) is 44.7 Å². The molecule has 28 heavy (non-hydrogen) atoms. The van der Waals surface area contributed by atoms with E-state index in [1.807, 2.05) is 36.1 Å². The Bertz CT molecular complexity index is 869. The van der Waals surface area contributed by atoms with Gasteiger partial charge in [-0.15, -0.1) is 0 Å². The SMILES string of the molecule is COc1ccccc1C(=O)N1[C@@H]2CC[C@H]1CC(NC(=O)c1cnc(C)cn1)C2. The van der Waals surface area contributed by atoms with Crippen molar-refractivity contribution in [3.8, 4) is 5.75 Å². The molecule has 1 unspecified atom stereocenters. The molecule has 0 saturated carbocycles. The highest BCUT2D eigenvalue weighted by atomic mass is 16.5. The summed E-state index contributed by atoms with van der Waals surface area (Å²) in [6, 6.07) is 7.63. The fourth-order valence-corrected chi connectivity index (χ4v) is 4.36. The lowest BCUT2D eigenvalue weighted by Crippen LogP contribution is -2.52. The minimum absolute atomic E-state index is 0.0131. The van der Waals surface area contributed by atoms with Gasteiger partial charge < -0.3 is 15.0 Å². The van der Waals surface area contributed by atoms with Crippen LogP contribution in [0.15, 0.2) is 36.7 Å². The van der Waals surface area contributed by atoms with Crippen LogP contribution < -0.4 is 10.1 Å². The number of carbonyl (C=O) groups excluding carboxylic acids is 2. The van der Waals surface area contributed by atoms with Gasteiger partial charge in [-0.1, -0.05) is 12.1 Å². The lowest BCUT2D eigenvalue weighted by molar-refractivity contribution is 0.0546. The maximum Gasteiger partial charge on any atom is 0.271 e. The molecule has 3 atom stereocenters. The van der Waals surface area contributed by atoms with E-state index < -0.39 is 0 Å². The van der Waals surface area contributed by atoms with Gasteiger partial charge in [0.1, 0.15) is 11.4 Å². The molecule has 1 aromatic carbocycles. The molecule has 0 radical (unpaired) electrons. The van der Waals surface area contributed by atoms with Crippen molar-refractivity contribution in [2.75, 3.05) is 7.11 Å². The molecule has 7 heteroatoms. The largest absolute Gasteiger partial charge is 0.496 e. The van der Waals surface area contributed by atoms with Crippen molar-refractivity contribution < 1.29 is 14.3 Å². The van der Waals surface area contributed by atoms with Gasteiger partial charge in [-0.25, -0.2) is 4.98 Å². The van der Waals surface area contributed by atoms with Crippen LogP contribution in [-0.4, -0.2) is 51.9 Å². The van der Waals surface area contributed by atoms with E-state index in [1.54, 1.807) is 13.3 Å². The number of para-hydroxylation sites is 1. The Morgan fingerprint density at radius 3 is 2.46 bits per heavy atom. The molecule has 2 fully saturated rings. The fraction of sp³-hybridized carbons (Fsp3) is 0.429. The topological polar surface area (TPSA) is 84.4 Å². The number of aromatic nitrogens is 2. The Hall–Kier alpha value is -2.96. The minimum Gasteiger partial charge on any atom is -0.496 e. The normalized spacial score (nSPS) is 23.4. The first kappa shape index (κ1) is 18.4. The number of hydrogen-bond donors (Lipinski definition) is 1. The van der Waals surface area contributed by atoms with Crippen molar-refractivity contribution in [2.45, 2.75) is 50.7 Å². The number of methoxy groups -OCH3 is 1. The Labute approximate surface area is 164 Å². The third-order valence-corrected chi connectivity index (χ3v) is 5.65. The van der Waals surface area contributed by atoms with E-state index in [1.165, 1.54) is 6.20 Å². The van der Waals surface area contributed by atoms with E-state index in [-0.39, 0.29) is 29.9 Å². The summed E-state index contributed by atoms with van der Waals surface area (Å²) in [7, 11) is 1.58. The van der Waals surface area contributed by atoms with Gasteiger partial charge in [0.25, 0.3) is 11.8 Å². The van der Waals surface area contributed by atoms with Crippen molar-refractivity contribution in [1.29, 1.82) is 0 Å². The molecule has 2 aliphatic heterocycles. The third-order valence-electron chi connectivity index (χ3n) is 5.65. The lowest BCUT2D eigenvalue weighted by atomic mass is 9.96. The second-order valence-electron chi connectivity index (χ2n) is 7.48. The fourth-order valence-electron chi connectivity index (χ4n) is 4.36. The van der Waals surface area contributed by atoms with Crippen LogP contribution >= 0.6 is 0 Å². The van der Waals surface area contributed by atoms with Gasteiger partial charge in [0, 0.05) is 24.3 Å². The molecule has 2 amide bonds. The monoisotopic (exact) mass is 380 g/mol. The average Bonchev–Trinajstić information content (AvgIpc) is 2.98. The van der Waals surface area contributed by atoms with E-state index in [0.717, 1.165) is 31.4 Å². The Morgan fingerprint density at radius 1 is 1.11 bits per heavy atom. The van der Waals surface area contributed by atoms with E-state index in [2.05, 4.69) is 15.3 Å². The Kier molecular flexibility index (Phi) is 4.98. The molecular formula is C21H24N4O3. The smallest absolute Gasteiger partial charge is 0.271 e. The van der Waals surface area contributed by atoms with Gasteiger partial charge in [0.2, 0.25) is 0 Å². The summed E-state index contributed by atoms with van der Waals surface area (Å²) < 4.78 is 5.36. The van der Waals surface area contributed by atoms with Crippen LogP contribution in [0.4, 0.5) is 0 Å². The molecular weight excluding hydrogens is 356 g/mol. The zero-order valence-electron chi connectivity index (χ0n) is 16.1. The number of piperidine rings is 1. The molecule has 2 saturated heterocycles. The summed E-state index contributed by atoms with van der Waals surface area (Å²) in [5.74, 6) is 0.404. The van der Waals surface area contributed by atoms with Crippen LogP contribution in [0.25, 0.3) is 0 Å². The molecule has 7 nitrogen and oxygen atoms in total. The first-order valence-electron chi connectivity index (χ1n) is 9.62. The highest BCUT2D eigenvalue weighted by molar-refractivity contribution is 5.97. The number of hydrogen-bond acceptors (Lipinski definition) is 5. The van der Waals surface area contributed by atoms with Crippen LogP contribution in [-0.2, 0) is 0 Å². The molecule has 1 aromatic heterocycles. The molecule has 1 N–H and O–H groups in total. The Morgan fingerprint density at radius 2 is 1.82 bits per heavy atom. The number of aryl methyl sites for hydroxylation is 1. The minimum atomic E-state index is -0.207. The lowest BCUT2D eigenvalue weighted by Gasteiger charge is -2.39. The number of amides is 2. The molecule has 0 spiro atoms. The maximum atomic E-state index is 13.2. The van der Waals surface area contributed by atoms with Gasteiger partial charge >= 0.3 is 0 Å². The number of benzene rings is 1. The van der Waals surface area contributed by atoms with Gasteiger partial charge in [0.05, 0.1) is 24.6 Å². The molecule has 3 heterocycles. The van der Waals surface area contributed by atoms with Gasteiger partial charge in [-0.2, -0.15) is 0 Å². The molecule has 2 aliphatic rings. The second kappa shape index (κ2) is 7.58. The standard InChI is InChI=1S/C21H24N4O3/c1-13-11-23-18(12-22-13)20(26)24-14-9-15-7-8-16(10-14)25(15)21(27)17-5-3-4-6-19(17)28-2/h3-6,11-12,14-16H,7-10H2,1-2H3,(H,24,26)/t14?,15-,16+. The van der Waals surface area contributed by atoms with E-state index in [4.69, 9.17) is 4.74 Å². The van der Waals surface area contributed by atoms with E-state index >= 15 is 0 Å². The van der Waals surface area contributed by atoms with Gasteiger partial charge in [-0.3, -0.25) is 14.6 Å². The number of fused-ring (bicyclic) bond motifs is 2. The van der Waals surface area contributed by atoms with Crippen molar-refractivity contribution in [3.05, 3.63) is 53.6 Å². The number of rotatable bonds is 4. The third kappa shape index (κ3) is 3.44. The Balaban J connectivity index is 1.45. The summed E-state index contributed by atoms with van der Waals surface area (Å²) >= 11 is 0. The van der Waals surface area contributed by atoms with Crippen molar-refractivity contribution >= 4 is 11.8 Å². The van der Waals surface area contributed by atoms with Gasteiger partial charge in [0.15, 0.2) is 0 Å². The van der Waals surface area contributed by atoms with Crippen LogP contribution in [0.2, 0.25) is 0 Å².